The van der Waals surface area contributed by atoms with E-state index in [2.05, 4.69) is 10.9 Å². The number of terminal acetylenes is 1. The molecule has 23 heavy (non-hydrogen) atoms. The number of fused-ring (bicyclic) bond motifs is 1. The molecule has 2 heterocycles. The Morgan fingerprint density at radius 3 is 2.57 bits per heavy atom. The fourth-order valence-electron chi connectivity index (χ4n) is 2.22. The Balaban J connectivity index is 2.06. The van der Waals surface area contributed by atoms with Crippen molar-refractivity contribution in [3.63, 3.8) is 0 Å². The van der Waals surface area contributed by atoms with Gasteiger partial charge in [-0.05, 0) is 26.0 Å². The number of ether oxygens (including phenoxy) is 1. The summed E-state index contributed by atoms with van der Waals surface area (Å²) in [5.74, 6) is 0.598. The van der Waals surface area contributed by atoms with Crippen LogP contribution in [0.25, 0.3) is 10.2 Å². The number of carbonyl (C=O) groups excluding carboxylic acids is 2. The first-order chi connectivity index (χ1) is 10.9. The average molecular weight is 330 g/mol. The number of rotatable bonds is 3. The Kier molecular flexibility index (Phi) is 3.62. The molecule has 1 aromatic carbocycles. The molecule has 0 saturated carbocycles. The predicted octanol–water partition coefficient (Wildman–Crippen LogP) is 2.66. The van der Waals surface area contributed by atoms with E-state index in [9.17, 15) is 14.0 Å². The molecule has 2 amide bonds. The first-order valence-electron chi connectivity index (χ1n) is 6.66. The van der Waals surface area contributed by atoms with Crippen molar-refractivity contribution in [3.8, 4) is 17.5 Å². The summed E-state index contributed by atoms with van der Waals surface area (Å²) in [6.45, 7) is 3.14. The number of amides is 2. The van der Waals surface area contributed by atoms with Crippen molar-refractivity contribution in [2.24, 2.45) is 0 Å². The molecule has 0 bridgehead atoms. The summed E-state index contributed by atoms with van der Waals surface area (Å²) in [7, 11) is 0. The second kappa shape index (κ2) is 5.48. The van der Waals surface area contributed by atoms with Crippen molar-refractivity contribution in [2.45, 2.75) is 13.8 Å². The van der Waals surface area contributed by atoms with Crippen LogP contribution in [-0.4, -0.2) is 23.4 Å². The van der Waals surface area contributed by atoms with Crippen LogP contribution in [0.3, 0.4) is 0 Å². The van der Waals surface area contributed by atoms with Crippen LogP contribution in [0, 0.1) is 18.2 Å². The topological polar surface area (TPSA) is 59.5 Å². The van der Waals surface area contributed by atoms with Gasteiger partial charge in [-0.2, -0.15) is 0 Å². The Bertz CT molecular complexity index is 899. The highest BCUT2D eigenvalue weighted by atomic mass is 32.1. The number of nitrogens with zero attached hydrogens (tertiary/aromatic N) is 2. The second-order valence-electron chi connectivity index (χ2n) is 4.94. The number of imide groups is 1. The quantitative estimate of drug-likeness (QED) is 0.641. The maximum absolute atomic E-state index is 14.4. The second-order valence-corrected chi connectivity index (χ2v) is 5.93. The van der Waals surface area contributed by atoms with Gasteiger partial charge in [0.15, 0.2) is 6.61 Å². The van der Waals surface area contributed by atoms with E-state index in [0.29, 0.717) is 26.6 Å². The maximum Gasteiger partial charge on any atom is 0.275 e. The standard InChI is InChI=1S/C16H11FN2O3S/c1-4-5-22-16-18-11-7-12(10(17)6-13(11)23-16)19-14(20)8(2)9(3)15(19)21/h1,6-7H,5H2,2-3H3. The monoisotopic (exact) mass is 330 g/mol. The molecule has 0 N–H and O–H groups in total. The normalized spacial score (nSPS) is 14.8. The largest absolute Gasteiger partial charge is 0.457 e. The molecule has 1 aliphatic rings. The lowest BCUT2D eigenvalue weighted by Crippen LogP contribution is -2.32. The summed E-state index contributed by atoms with van der Waals surface area (Å²) in [5.41, 5.74) is 0.940. The molecule has 0 saturated heterocycles. The van der Waals surface area contributed by atoms with Crippen LogP contribution in [0.15, 0.2) is 23.3 Å². The number of benzene rings is 1. The number of hydrogen-bond acceptors (Lipinski definition) is 5. The van der Waals surface area contributed by atoms with E-state index >= 15 is 0 Å². The SMILES string of the molecule is C#CCOc1nc2cc(N3C(=O)C(C)=C(C)C3=O)c(F)cc2s1. The number of halogens is 1. The molecule has 5 nitrogen and oxygen atoms in total. The van der Waals surface area contributed by atoms with Crippen molar-refractivity contribution >= 4 is 39.1 Å². The van der Waals surface area contributed by atoms with Crippen molar-refractivity contribution in [2.75, 3.05) is 11.5 Å². The molecular formula is C16H11FN2O3S. The molecular weight excluding hydrogens is 319 g/mol. The average Bonchev–Trinajstić information content (AvgIpc) is 3.00. The number of thiazole rings is 1. The fourth-order valence-corrected chi connectivity index (χ4v) is 3.04. The van der Waals surface area contributed by atoms with Crippen LogP contribution >= 0.6 is 11.3 Å². The third-order valence-corrected chi connectivity index (χ3v) is 4.50. The molecule has 0 atom stereocenters. The highest BCUT2D eigenvalue weighted by Crippen LogP contribution is 2.35. The van der Waals surface area contributed by atoms with Gasteiger partial charge >= 0.3 is 0 Å². The molecule has 7 heteroatoms. The van der Waals surface area contributed by atoms with Crippen LogP contribution in [0.5, 0.6) is 5.19 Å². The van der Waals surface area contributed by atoms with E-state index in [1.807, 2.05) is 0 Å². The van der Waals surface area contributed by atoms with Crippen LogP contribution in [0.2, 0.25) is 0 Å². The number of carbonyl (C=O) groups is 2. The van der Waals surface area contributed by atoms with Crippen molar-refractivity contribution in [1.29, 1.82) is 0 Å². The minimum Gasteiger partial charge on any atom is -0.457 e. The molecule has 2 aromatic rings. The number of anilines is 1. The third kappa shape index (κ3) is 2.37. The summed E-state index contributed by atoms with van der Waals surface area (Å²) in [6, 6.07) is 2.60. The molecule has 1 aromatic heterocycles. The smallest absolute Gasteiger partial charge is 0.275 e. The Labute approximate surface area is 135 Å². The zero-order chi connectivity index (χ0) is 16.7. The summed E-state index contributed by atoms with van der Waals surface area (Å²) in [4.78, 5) is 29.4. The number of aromatic nitrogens is 1. The molecule has 0 aliphatic carbocycles. The van der Waals surface area contributed by atoms with Gasteiger partial charge in [-0.1, -0.05) is 17.3 Å². The van der Waals surface area contributed by atoms with Crippen LogP contribution in [0.1, 0.15) is 13.8 Å². The van der Waals surface area contributed by atoms with Gasteiger partial charge in [0.05, 0.1) is 15.9 Å². The van der Waals surface area contributed by atoms with E-state index < -0.39 is 17.6 Å². The van der Waals surface area contributed by atoms with Gasteiger partial charge in [-0.15, -0.1) is 6.42 Å². The first kappa shape index (κ1) is 15.2. The zero-order valence-electron chi connectivity index (χ0n) is 12.3. The number of hydrogen-bond donors (Lipinski definition) is 0. The van der Waals surface area contributed by atoms with E-state index in [4.69, 9.17) is 11.2 Å². The molecule has 116 valence electrons. The van der Waals surface area contributed by atoms with Gasteiger partial charge in [0.1, 0.15) is 5.82 Å². The summed E-state index contributed by atoms with van der Waals surface area (Å²) in [6.07, 6.45) is 5.11. The third-order valence-electron chi connectivity index (χ3n) is 3.57. The first-order valence-corrected chi connectivity index (χ1v) is 7.48. The molecule has 1 aliphatic heterocycles. The molecule has 3 rings (SSSR count). The van der Waals surface area contributed by atoms with Crippen molar-refractivity contribution in [3.05, 3.63) is 29.1 Å². The lowest BCUT2D eigenvalue weighted by Gasteiger charge is -2.15. The van der Waals surface area contributed by atoms with Gasteiger partial charge in [-0.3, -0.25) is 9.59 Å². The minimum atomic E-state index is -0.672. The minimum absolute atomic E-state index is 0.0561. The summed E-state index contributed by atoms with van der Waals surface area (Å²) < 4.78 is 20.1. The van der Waals surface area contributed by atoms with Crippen LogP contribution in [0.4, 0.5) is 10.1 Å². The van der Waals surface area contributed by atoms with E-state index in [1.54, 1.807) is 13.8 Å². The molecule has 0 radical (unpaired) electrons. The highest BCUT2D eigenvalue weighted by Gasteiger charge is 2.36. The molecule has 0 fully saturated rings. The van der Waals surface area contributed by atoms with E-state index in [0.717, 1.165) is 16.2 Å². The van der Waals surface area contributed by atoms with Crippen molar-refractivity contribution < 1.29 is 18.7 Å². The Morgan fingerprint density at radius 2 is 1.96 bits per heavy atom. The Morgan fingerprint density at radius 1 is 1.30 bits per heavy atom. The van der Waals surface area contributed by atoms with Gasteiger partial charge < -0.3 is 4.74 Å². The zero-order valence-corrected chi connectivity index (χ0v) is 13.2. The van der Waals surface area contributed by atoms with Gasteiger partial charge in [0, 0.05) is 11.1 Å². The fraction of sp³-hybridized carbons (Fsp3) is 0.188. The van der Waals surface area contributed by atoms with Crippen LogP contribution < -0.4 is 9.64 Å². The summed E-state index contributed by atoms with van der Waals surface area (Å²) >= 11 is 1.14. The van der Waals surface area contributed by atoms with Gasteiger partial charge in [0.25, 0.3) is 17.0 Å². The van der Waals surface area contributed by atoms with E-state index in [1.165, 1.54) is 12.1 Å². The highest BCUT2D eigenvalue weighted by molar-refractivity contribution is 7.20. The lowest BCUT2D eigenvalue weighted by atomic mass is 10.2. The van der Waals surface area contributed by atoms with Crippen LogP contribution in [-0.2, 0) is 9.59 Å². The van der Waals surface area contributed by atoms with E-state index in [-0.39, 0.29) is 12.3 Å². The summed E-state index contributed by atoms with van der Waals surface area (Å²) in [5, 5.41) is 0.305. The van der Waals surface area contributed by atoms with Gasteiger partial charge in [-0.25, -0.2) is 14.3 Å². The maximum atomic E-state index is 14.4. The van der Waals surface area contributed by atoms with Crippen molar-refractivity contribution in [1.82, 2.24) is 4.98 Å². The Hall–Kier alpha value is -2.72. The molecule has 0 unspecified atom stereocenters. The predicted molar refractivity (Wildman–Crippen MR) is 84.8 cm³/mol. The molecule has 0 spiro atoms. The lowest BCUT2D eigenvalue weighted by molar-refractivity contribution is -0.120. The van der Waals surface area contributed by atoms with Gasteiger partial charge in [0.2, 0.25) is 0 Å².